The van der Waals surface area contributed by atoms with E-state index in [2.05, 4.69) is 32.1 Å². The highest BCUT2D eigenvalue weighted by molar-refractivity contribution is 7.89. The zero-order chi connectivity index (χ0) is 22.0. The molecule has 0 saturated carbocycles. The first-order valence-corrected chi connectivity index (χ1v) is 12.4. The van der Waals surface area contributed by atoms with Gasteiger partial charge in [0, 0.05) is 31.7 Å². The van der Waals surface area contributed by atoms with Gasteiger partial charge in [0.25, 0.3) is 5.91 Å². The highest BCUT2D eigenvalue weighted by atomic mass is 32.2. The minimum Gasteiger partial charge on any atom is -0.335 e. The van der Waals surface area contributed by atoms with Crippen molar-refractivity contribution in [2.45, 2.75) is 31.6 Å². The highest BCUT2D eigenvalue weighted by Crippen LogP contribution is 2.27. The Morgan fingerprint density at radius 1 is 0.935 bits per heavy atom. The van der Waals surface area contributed by atoms with E-state index in [1.165, 1.54) is 11.1 Å². The van der Waals surface area contributed by atoms with E-state index in [1.54, 1.807) is 28.6 Å². The second-order valence-corrected chi connectivity index (χ2v) is 10.8. The van der Waals surface area contributed by atoms with Gasteiger partial charge in [0.05, 0.1) is 4.90 Å². The fourth-order valence-electron chi connectivity index (χ4n) is 4.67. The Morgan fingerprint density at radius 2 is 1.58 bits per heavy atom. The molecule has 1 amide bonds. The number of hydrogen-bond donors (Lipinski definition) is 0. The molecule has 5 nitrogen and oxygen atoms in total. The third-order valence-corrected chi connectivity index (χ3v) is 8.06. The van der Waals surface area contributed by atoms with Gasteiger partial charge in [-0.15, -0.1) is 0 Å². The monoisotopic (exact) mass is 438 g/mol. The van der Waals surface area contributed by atoms with Crippen LogP contribution in [0.4, 0.5) is 0 Å². The Kier molecular flexibility index (Phi) is 6.30. The fraction of sp³-hybridized carbons (Fsp3) is 0.400. The molecule has 164 valence electrons. The zero-order valence-corrected chi connectivity index (χ0v) is 19.0. The summed E-state index contributed by atoms with van der Waals surface area (Å²) < 4.78 is 27.7. The first-order chi connectivity index (χ1) is 14.8. The smallest absolute Gasteiger partial charge is 0.254 e. The second-order valence-electron chi connectivity index (χ2n) is 8.89. The number of carbonyl (C=O) groups excluding carboxylic acids is 1. The minimum absolute atomic E-state index is 0.0625. The van der Waals surface area contributed by atoms with Crippen molar-refractivity contribution in [1.29, 1.82) is 0 Å². The number of piperidine rings is 1. The van der Waals surface area contributed by atoms with Crippen molar-refractivity contribution in [1.82, 2.24) is 9.21 Å². The van der Waals surface area contributed by atoms with Crippen molar-refractivity contribution in [2.24, 2.45) is 11.8 Å². The quantitative estimate of drug-likeness (QED) is 0.716. The third-order valence-electron chi connectivity index (χ3n) is 6.22. The van der Waals surface area contributed by atoms with Gasteiger partial charge in [0.2, 0.25) is 10.0 Å². The number of amides is 1. The molecule has 2 heterocycles. The standard InChI is InChI=1S/C25H30N2O3S/c1-19-16-20(2)18-27(17-19)31(29,30)24-10-8-23(9-11-24)25(28)26-14-12-22(13-15-26)21-6-4-3-5-7-21/h3-12,19-20H,13-18H2,1-2H3/t19-,20-/m1/s1. The van der Waals surface area contributed by atoms with E-state index in [4.69, 9.17) is 0 Å². The lowest BCUT2D eigenvalue weighted by molar-refractivity contribution is 0.0772. The summed E-state index contributed by atoms with van der Waals surface area (Å²) in [6, 6.07) is 16.6. The van der Waals surface area contributed by atoms with Gasteiger partial charge in [-0.25, -0.2) is 8.42 Å². The van der Waals surface area contributed by atoms with Crippen molar-refractivity contribution >= 4 is 21.5 Å². The Balaban J connectivity index is 1.45. The molecule has 0 aromatic heterocycles. The van der Waals surface area contributed by atoms with Crippen LogP contribution in [0.3, 0.4) is 0 Å². The Morgan fingerprint density at radius 3 is 2.16 bits per heavy atom. The molecule has 0 N–H and O–H groups in total. The number of carbonyl (C=O) groups is 1. The van der Waals surface area contributed by atoms with Gasteiger partial charge in [-0.2, -0.15) is 4.31 Å². The van der Waals surface area contributed by atoms with Crippen LogP contribution in [0.5, 0.6) is 0 Å². The Hall–Kier alpha value is -2.44. The lowest BCUT2D eigenvalue weighted by Crippen LogP contribution is -2.42. The van der Waals surface area contributed by atoms with Crippen LogP contribution in [-0.2, 0) is 10.0 Å². The second kappa shape index (κ2) is 8.97. The van der Waals surface area contributed by atoms with Crippen LogP contribution in [0.15, 0.2) is 65.6 Å². The zero-order valence-electron chi connectivity index (χ0n) is 18.2. The maximum atomic E-state index is 13.1. The lowest BCUT2D eigenvalue weighted by atomic mass is 9.94. The normalized spacial score (nSPS) is 22.8. The predicted molar refractivity (Wildman–Crippen MR) is 123 cm³/mol. The molecule has 4 rings (SSSR count). The van der Waals surface area contributed by atoms with Crippen molar-refractivity contribution in [3.8, 4) is 0 Å². The molecule has 2 aliphatic heterocycles. The van der Waals surface area contributed by atoms with Crippen LogP contribution >= 0.6 is 0 Å². The summed E-state index contributed by atoms with van der Waals surface area (Å²) in [6.07, 6.45) is 3.97. The molecule has 0 radical (unpaired) electrons. The van der Waals surface area contributed by atoms with E-state index in [0.29, 0.717) is 43.6 Å². The number of hydrogen-bond acceptors (Lipinski definition) is 3. The number of nitrogens with zero attached hydrogens (tertiary/aromatic N) is 2. The third kappa shape index (κ3) is 4.75. The maximum Gasteiger partial charge on any atom is 0.254 e. The molecule has 6 heteroatoms. The minimum atomic E-state index is -3.53. The average Bonchev–Trinajstić information content (AvgIpc) is 2.79. The number of rotatable bonds is 4. The van der Waals surface area contributed by atoms with Crippen molar-refractivity contribution in [3.63, 3.8) is 0 Å². The maximum absolute atomic E-state index is 13.1. The van der Waals surface area contributed by atoms with E-state index in [9.17, 15) is 13.2 Å². The summed E-state index contributed by atoms with van der Waals surface area (Å²) in [6.45, 7) is 6.51. The molecular formula is C25H30N2O3S. The summed E-state index contributed by atoms with van der Waals surface area (Å²) in [5.74, 6) is 0.646. The van der Waals surface area contributed by atoms with Gasteiger partial charge in [-0.1, -0.05) is 50.3 Å². The van der Waals surface area contributed by atoms with E-state index in [0.717, 1.165) is 12.8 Å². The van der Waals surface area contributed by atoms with Crippen LogP contribution in [-0.4, -0.2) is 49.7 Å². The lowest BCUT2D eigenvalue weighted by Gasteiger charge is -2.34. The SMILES string of the molecule is C[C@@H]1C[C@@H](C)CN(S(=O)(=O)c2ccc(C(=O)N3CC=C(c4ccccc4)CC3)cc2)C1. The molecular weight excluding hydrogens is 408 g/mol. The van der Waals surface area contributed by atoms with Gasteiger partial charge in [0.15, 0.2) is 0 Å². The molecule has 1 fully saturated rings. The van der Waals surface area contributed by atoms with Crippen LogP contribution in [0, 0.1) is 11.8 Å². The largest absolute Gasteiger partial charge is 0.335 e. The topological polar surface area (TPSA) is 57.7 Å². The van der Waals surface area contributed by atoms with Gasteiger partial charge in [-0.3, -0.25) is 4.79 Å². The van der Waals surface area contributed by atoms with Gasteiger partial charge in [-0.05, 0) is 60.1 Å². The van der Waals surface area contributed by atoms with E-state index < -0.39 is 10.0 Å². The highest BCUT2D eigenvalue weighted by Gasteiger charge is 2.31. The predicted octanol–water partition coefficient (Wildman–Crippen LogP) is 4.28. The number of benzene rings is 2. The molecule has 0 spiro atoms. The molecule has 2 atom stereocenters. The van der Waals surface area contributed by atoms with Crippen LogP contribution in [0.1, 0.15) is 42.6 Å². The first kappa shape index (κ1) is 21.8. The van der Waals surface area contributed by atoms with Gasteiger partial charge >= 0.3 is 0 Å². The molecule has 0 aliphatic carbocycles. The van der Waals surface area contributed by atoms with E-state index in [1.807, 2.05) is 23.1 Å². The van der Waals surface area contributed by atoms with E-state index >= 15 is 0 Å². The van der Waals surface area contributed by atoms with Gasteiger partial charge < -0.3 is 4.90 Å². The Bertz CT molecular complexity index is 1050. The van der Waals surface area contributed by atoms with Crippen molar-refractivity contribution in [2.75, 3.05) is 26.2 Å². The molecule has 2 aromatic carbocycles. The first-order valence-electron chi connectivity index (χ1n) is 11.0. The Labute approximate surface area is 185 Å². The van der Waals surface area contributed by atoms with Crippen molar-refractivity contribution in [3.05, 3.63) is 71.8 Å². The van der Waals surface area contributed by atoms with Crippen LogP contribution < -0.4 is 0 Å². The molecule has 0 bridgehead atoms. The van der Waals surface area contributed by atoms with Crippen LogP contribution in [0.25, 0.3) is 5.57 Å². The van der Waals surface area contributed by atoms with E-state index in [-0.39, 0.29) is 10.8 Å². The molecule has 1 saturated heterocycles. The molecule has 31 heavy (non-hydrogen) atoms. The molecule has 2 aromatic rings. The molecule has 0 unspecified atom stereocenters. The van der Waals surface area contributed by atoms with Crippen LogP contribution in [0.2, 0.25) is 0 Å². The summed E-state index contributed by atoms with van der Waals surface area (Å²) in [5.41, 5.74) is 2.98. The summed E-state index contributed by atoms with van der Waals surface area (Å²) in [7, 11) is -3.53. The number of sulfonamides is 1. The fourth-order valence-corrected chi connectivity index (χ4v) is 6.35. The summed E-state index contributed by atoms with van der Waals surface area (Å²) in [5, 5.41) is 0. The molecule has 2 aliphatic rings. The average molecular weight is 439 g/mol. The summed E-state index contributed by atoms with van der Waals surface area (Å²) in [4.78, 5) is 15.0. The summed E-state index contributed by atoms with van der Waals surface area (Å²) >= 11 is 0. The van der Waals surface area contributed by atoms with Gasteiger partial charge in [0.1, 0.15) is 0 Å². The van der Waals surface area contributed by atoms with Crippen molar-refractivity contribution < 1.29 is 13.2 Å².